The molecule has 100 valence electrons. The summed E-state index contributed by atoms with van der Waals surface area (Å²) in [6.45, 7) is 3.28. The van der Waals surface area contributed by atoms with Gasteiger partial charge in [0.2, 0.25) is 5.91 Å². The third-order valence-electron chi connectivity index (χ3n) is 3.71. The second-order valence-electron chi connectivity index (χ2n) is 5.21. The van der Waals surface area contributed by atoms with Crippen molar-refractivity contribution in [3.63, 3.8) is 0 Å². The highest BCUT2D eigenvalue weighted by atomic mass is 16.2. The second kappa shape index (κ2) is 4.35. The third-order valence-corrected chi connectivity index (χ3v) is 3.71. The number of nitrogens with zero attached hydrogens (tertiary/aromatic N) is 2. The topological polar surface area (TPSA) is 72.9 Å². The molecule has 1 saturated carbocycles. The SMILES string of the molecule is Cc1nc2ccccc2n1CCNC(=O)C1(N)CC1. The van der Waals surface area contributed by atoms with Crippen molar-refractivity contribution >= 4 is 16.9 Å². The lowest BCUT2D eigenvalue weighted by Crippen LogP contribution is -2.43. The largest absolute Gasteiger partial charge is 0.353 e. The summed E-state index contributed by atoms with van der Waals surface area (Å²) >= 11 is 0. The first-order valence-electron chi connectivity index (χ1n) is 6.59. The molecule has 0 aliphatic heterocycles. The highest BCUT2D eigenvalue weighted by Crippen LogP contribution is 2.31. The van der Waals surface area contributed by atoms with Crippen LogP contribution in [0.15, 0.2) is 24.3 Å². The van der Waals surface area contributed by atoms with Gasteiger partial charge in [-0.2, -0.15) is 0 Å². The highest BCUT2D eigenvalue weighted by Gasteiger charge is 2.45. The number of rotatable bonds is 4. The molecule has 0 unspecified atom stereocenters. The van der Waals surface area contributed by atoms with Crippen LogP contribution in [0.2, 0.25) is 0 Å². The van der Waals surface area contributed by atoms with Gasteiger partial charge in [0.05, 0.1) is 16.6 Å². The number of para-hydroxylation sites is 2. The van der Waals surface area contributed by atoms with Crippen molar-refractivity contribution in [3.8, 4) is 0 Å². The van der Waals surface area contributed by atoms with Crippen LogP contribution in [0.4, 0.5) is 0 Å². The van der Waals surface area contributed by atoms with Gasteiger partial charge in [-0.25, -0.2) is 4.98 Å². The zero-order valence-electron chi connectivity index (χ0n) is 11.0. The molecular weight excluding hydrogens is 240 g/mol. The molecule has 3 N–H and O–H groups in total. The fourth-order valence-corrected chi connectivity index (χ4v) is 2.30. The molecule has 1 aliphatic carbocycles. The Morgan fingerprint density at radius 3 is 2.95 bits per heavy atom. The van der Waals surface area contributed by atoms with Crippen molar-refractivity contribution in [2.24, 2.45) is 5.73 Å². The first-order chi connectivity index (χ1) is 9.10. The van der Waals surface area contributed by atoms with Crippen molar-refractivity contribution in [2.75, 3.05) is 6.54 Å². The van der Waals surface area contributed by atoms with E-state index in [1.807, 2.05) is 31.2 Å². The van der Waals surface area contributed by atoms with Gasteiger partial charge in [0, 0.05) is 13.1 Å². The second-order valence-corrected chi connectivity index (χ2v) is 5.21. The first kappa shape index (κ1) is 12.2. The highest BCUT2D eigenvalue weighted by molar-refractivity contribution is 5.88. The number of aryl methyl sites for hydroxylation is 1. The van der Waals surface area contributed by atoms with Crippen LogP contribution in [0, 0.1) is 6.92 Å². The number of hydrogen-bond donors (Lipinski definition) is 2. The molecule has 0 radical (unpaired) electrons. The van der Waals surface area contributed by atoms with E-state index in [4.69, 9.17) is 5.73 Å². The van der Waals surface area contributed by atoms with Crippen LogP contribution in [0.1, 0.15) is 18.7 Å². The van der Waals surface area contributed by atoms with Crippen molar-refractivity contribution in [1.29, 1.82) is 0 Å². The van der Waals surface area contributed by atoms with E-state index in [0.29, 0.717) is 13.1 Å². The molecule has 19 heavy (non-hydrogen) atoms. The lowest BCUT2D eigenvalue weighted by molar-refractivity contribution is -0.123. The zero-order valence-corrected chi connectivity index (χ0v) is 11.0. The maximum Gasteiger partial charge on any atom is 0.240 e. The smallest absolute Gasteiger partial charge is 0.240 e. The quantitative estimate of drug-likeness (QED) is 0.857. The van der Waals surface area contributed by atoms with Gasteiger partial charge in [0.15, 0.2) is 0 Å². The summed E-state index contributed by atoms with van der Waals surface area (Å²) in [5.41, 5.74) is 7.34. The number of carbonyl (C=O) groups excluding carboxylic acids is 1. The van der Waals surface area contributed by atoms with Crippen LogP contribution in [-0.4, -0.2) is 27.5 Å². The summed E-state index contributed by atoms with van der Waals surface area (Å²) in [7, 11) is 0. The van der Waals surface area contributed by atoms with E-state index >= 15 is 0 Å². The van der Waals surface area contributed by atoms with Crippen LogP contribution in [-0.2, 0) is 11.3 Å². The molecule has 1 amide bonds. The van der Waals surface area contributed by atoms with Crippen LogP contribution in [0.3, 0.4) is 0 Å². The zero-order chi connectivity index (χ0) is 13.5. The molecule has 1 fully saturated rings. The van der Waals surface area contributed by atoms with Crippen molar-refractivity contribution in [1.82, 2.24) is 14.9 Å². The van der Waals surface area contributed by atoms with Crippen LogP contribution in [0.5, 0.6) is 0 Å². The maximum atomic E-state index is 11.7. The Labute approximate surface area is 111 Å². The summed E-state index contributed by atoms with van der Waals surface area (Å²) < 4.78 is 2.12. The van der Waals surface area contributed by atoms with Crippen molar-refractivity contribution < 1.29 is 4.79 Å². The third kappa shape index (κ3) is 2.21. The monoisotopic (exact) mass is 258 g/mol. The molecule has 1 heterocycles. The average Bonchev–Trinajstić information content (AvgIpc) is 3.07. The summed E-state index contributed by atoms with van der Waals surface area (Å²) in [4.78, 5) is 16.2. The lowest BCUT2D eigenvalue weighted by atomic mass is 10.3. The predicted octanol–water partition coefficient (Wildman–Crippen LogP) is 0.952. The van der Waals surface area contributed by atoms with Gasteiger partial charge >= 0.3 is 0 Å². The standard InChI is InChI=1S/C14H18N4O/c1-10-17-11-4-2-3-5-12(11)18(10)9-8-16-13(19)14(15)6-7-14/h2-5H,6-9,15H2,1H3,(H,16,19). The predicted molar refractivity (Wildman–Crippen MR) is 73.6 cm³/mol. The lowest BCUT2D eigenvalue weighted by Gasteiger charge is -2.11. The van der Waals surface area contributed by atoms with E-state index < -0.39 is 5.54 Å². The summed E-state index contributed by atoms with van der Waals surface area (Å²) in [5, 5.41) is 2.90. The Morgan fingerprint density at radius 1 is 1.47 bits per heavy atom. The normalized spacial score (nSPS) is 16.5. The summed E-state index contributed by atoms with van der Waals surface area (Å²) in [5.74, 6) is 0.930. The van der Waals surface area contributed by atoms with Crippen molar-refractivity contribution in [2.45, 2.75) is 31.8 Å². The Balaban J connectivity index is 1.68. The summed E-state index contributed by atoms with van der Waals surface area (Å²) in [6.07, 6.45) is 1.59. The summed E-state index contributed by atoms with van der Waals surface area (Å²) in [6, 6.07) is 8.02. The molecule has 1 aliphatic rings. The Morgan fingerprint density at radius 2 is 2.21 bits per heavy atom. The fraction of sp³-hybridized carbons (Fsp3) is 0.429. The number of amides is 1. The number of carbonyl (C=O) groups is 1. The molecule has 5 nitrogen and oxygen atoms in total. The van der Waals surface area contributed by atoms with Crippen molar-refractivity contribution in [3.05, 3.63) is 30.1 Å². The number of aromatic nitrogens is 2. The molecule has 2 aromatic rings. The molecule has 0 saturated heterocycles. The molecule has 1 aromatic carbocycles. The van der Waals surface area contributed by atoms with Gasteiger partial charge in [-0.1, -0.05) is 12.1 Å². The molecule has 0 atom stereocenters. The average molecular weight is 258 g/mol. The molecule has 5 heteroatoms. The molecule has 0 spiro atoms. The minimum absolute atomic E-state index is 0.0328. The number of imidazole rings is 1. The Kier molecular flexibility index (Phi) is 2.78. The molecule has 1 aromatic heterocycles. The number of hydrogen-bond acceptors (Lipinski definition) is 3. The van der Waals surface area contributed by atoms with E-state index in [-0.39, 0.29) is 5.91 Å². The van der Waals surface area contributed by atoms with Gasteiger partial charge in [0.25, 0.3) is 0 Å². The minimum Gasteiger partial charge on any atom is -0.353 e. The fourth-order valence-electron chi connectivity index (χ4n) is 2.30. The van der Waals surface area contributed by atoms with E-state index in [9.17, 15) is 4.79 Å². The first-order valence-corrected chi connectivity index (χ1v) is 6.59. The Bertz CT molecular complexity index is 627. The number of nitrogens with two attached hydrogens (primary N) is 1. The van der Waals surface area contributed by atoms with Crippen LogP contribution in [0.25, 0.3) is 11.0 Å². The van der Waals surface area contributed by atoms with E-state index in [1.165, 1.54) is 0 Å². The number of benzene rings is 1. The van der Waals surface area contributed by atoms with Gasteiger partial charge in [0.1, 0.15) is 5.82 Å². The number of fused-ring (bicyclic) bond motifs is 1. The van der Waals surface area contributed by atoms with Gasteiger partial charge in [-0.15, -0.1) is 0 Å². The Hall–Kier alpha value is -1.88. The van der Waals surface area contributed by atoms with Gasteiger partial charge in [-0.3, -0.25) is 4.79 Å². The minimum atomic E-state index is -0.591. The maximum absolute atomic E-state index is 11.7. The van der Waals surface area contributed by atoms with Crippen LogP contribution >= 0.6 is 0 Å². The molecule has 0 bridgehead atoms. The number of nitrogens with one attached hydrogen (secondary N) is 1. The van der Waals surface area contributed by atoms with Crippen LogP contribution < -0.4 is 11.1 Å². The van der Waals surface area contributed by atoms with Gasteiger partial charge in [-0.05, 0) is 31.9 Å². The van der Waals surface area contributed by atoms with E-state index in [0.717, 1.165) is 29.7 Å². The van der Waals surface area contributed by atoms with Gasteiger partial charge < -0.3 is 15.6 Å². The van der Waals surface area contributed by atoms with E-state index in [2.05, 4.69) is 14.9 Å². The molecular formula is C14H18N4O. The molecule has 3 rings (SSSR count). The van der Waals surface area contributed by atoms with E-state index in [1.54, 1.807) is 0 Å².